The van der Waals surface area contributed by atoms with Gasteiger partial charge in [-0.05, 0) is 43.5 Å². The summed E-state index contributed by atoms with van der Waals surface area (Å²) in [6, 6.07) is 16.6. The van der Waals surface area contributed by atoms with E-state index in [0.717, 1.165) is 5.56 Å². The molecule has 6 N–H and O–H groups in total. The molecule has 0 saturated carbocycles. The van der Waals surface area contributed by atoms with E-state index in [-0.39, 0.29) is 29.7 Å². The zero-order valence-electron chi connectivity index (χ0n) is 19.4. The summed E-state index contributed by atoms with van der Waals surface area (Å²) in [5, 5.41) is 18.9. The molecule has 0 aliphatic carbocycles. The van der Waals surface area contributed by atoms with Crippen molar-refractivity contribution in [1.82, 2.24) is 14.9 Å². The minimum absolute atomic E-state index is 0.119. The topological polar surface area (TPSA) is 146 Å². The number of piperidine rings is 1. The number of primary amides is 1. The van der Waals surface area contributed by atoms with E-state index in [4.69, 9.17) is 5.73 Å². The first kappa shape index (κ1) is 24.0. The summed E-state index contributed by atoms with van der Waals surface area (Å²) in [6.45, 7) is 2.99. The zero-order valence-corrected chi connectivity index (χ0v) is 19.4. The number of likely N-dealkylation sites (tertiary alicyclic amines) is 1. The summed E-state index contributed by atoms with van der Waals surface area (Å²) in [5.41, 5.74) is 8.01. The summed E-state index contributed by atoms with van der Waals surface area (Å²) < 4.78 is 0. The van der Waals surface area contributed by atoms with Gasteiger partial charge in [0.15, 0.2) is 0 Å². The number of aliphatic hydroxyl groups is 1. The van der Waals surface area contributed by atoms with E-state index in [9.17, 15) is 14.7 Å². The van der Waals surface area contributed by atoms with Gasteiger partial charge >= 0.3 is 6.03 Å². The minimum Gasteiger partial charge on any atom is -0.393 e. The van der Waals surface area contributed by atoms with E-state index in [1.807, 2.05) is 43.3 Å². The van der Waals surface area contributed by atoms with Crippen molar-refractivity contribution in [2.75, 3.05) is 29.0 Å². The van der Waals surface area contributed by atoms with E-state index in [2.05, 4.69) is 25.9 Å². The Morgan fingerprint density at radius 3 is 2.51 bits per heavy atom. The SMILES string of the molecule is CC(Nc1nc(Nc2cccc(NC(=O)N3CCC(O)CC3)c2)ncc1C(N)=O)c1ccccc1. The number of benzene rings is 2. The lowest BCUT2D eigenvalue weighted by atomic mass is 10.1. The number of amides is 3. The van der Waals surface area contributed by atoms with E-state index in [0.29, 0.717) is 43.1 Å². The Labute approximate surface area is 203 Å². The van der Waals surface area contributed by atoms with Crippen LogP contribution in [0.5, 0.6) is 0 Å². The molecule has 1 aromatic heterocycles. The number of nitrogens with zero attached hydrogens (tertiary/aromatic N) is 3. The van der Waals surface area contributed by atoms with Gasteiger partial charge in [0.25, 0.3) is 5.91 Å². The lowest BCUT2D eigenvalue weighted by molar-refractivity contribution is 0.0970. The third-order valence-corrected chi connectivity index (χ3v) is 5.83. The zero-order chi connectivity index (χ0) is 24.8. The monoisotopic (exact) mass is 475 g/mol. The maximum atomic E-state index is 12.5. The lowest BCUT2D eigenvalue weighted by Gasteiger charge is -2.29. The van der Waals surface area contributed by atoms with Crippen molar-refractivity contribution >= 4 is 35.1 Å². The van der Waals surface area contributed by atoms with Crippen LogP contribution in [0, 0.1) is 0 Å². The summed E-state index contributed by atoms with van der Waals surface area (Å²) in [6.07, 6.45) is 2.19. The molecule has 2 heterocycles. The fourth-order valence-corrected chi connectivity index (χ4v) is 3.84. The van der Waals surface area contributed by atoms with E-state index >= 15 is 0 Å². The molecule has 3 aromatic rings. The summed E-state index contributed by atoms with van der Waals surface area (Å²) >= 11 is 0. The standard InChI is InChI=1S/C25H29N7O3/c1-16(17-6-3-2-4-7-17)28-23-21(22(26)34)15-27-24(31-23)29-18-8-5-9-19(14-18)30-25(35)32-12-10-20(33)11-13-32/h2-9,14-16,20,33H,10-13H2,1H3,(H2,26,34)(H,30,35)(H2,27,28,29,31). The van der Waals surface area contributed by atoms with Crippen LogP contribution in [0.2, 0.25) is 0 Å². The molecule has 1 atom stereocenters. The molecule has 182 valence electrons. The van der Waals surface area contributed by atoms with Crippen LogP contribution in [-0.2, 0) is 0 Å². The quantitative estimate of drug-likeness (QED) is 0.352. The van der Waals surface area contributed by atoms with E-state index in [1.54, 1.807) is 23.1 Å². The largest absolute Gasteiger partial charge is 0.393 e. The van der Waals surface area contributed by atoms with Gasteiger partial charge in [0.1, 0.15) is 5.82 Å². The highest BCUT2D eigenvalue weighted by atomic mass is 16.3. The molecule has 10 nitrogen and oxygen atoms in total. The van der Waals surface area contributed by atoms with Gasteiger partial charge in [-0.15, -0.1) is 0 Å². The predicted molar refractivity (Wildman–Crippen MR) is 135 cm³/mol. The molecular formula is C25H29N7O3. The number of hydrogen-bond acceptors (Lipinski definition) is 7. The molecule has 0 spiro atoms. The normalized spacial score (nSPS) is 14.7. The number of aliphatic hydroxyl groups excluding tert-OH is 1. The molecule has 1 fully saturated rings. The van der Waals surface area contributed by atoms with Gasteiger partial charge in [0.05, 0.1) is 11.7 Å². The first-order chi connectivity index (χ1) is 16.9. The van der Waals surface area contributed by atoms with Crippen LogP contribution in [-0.4, -0.2) is 51.1 Å². The molecule has 2 aromatic carbocycles. The molecule has 1 aliphatic heterocycles. The van der Waals surface area contributed by atoms with Gasteiger partial charge in [-0.1, -0.05) is 36.4 Å². The Kier molecular flexibility index (Phi) is 7.41. The maximum Gasteiger partial charge on any atom is 0.321 e. The van der Waals surface area contributed by atoms with Crippen molar-refractivity contribution in [2.45, 2.75) is 31.9 Å². The second-order valence-corrected chi connectivity index (χ2v) is 8.45. The average molecular weight is 476 g/mol. The second-order valence-electron chi connectivity index (χ2n) is 8.45. The number of carbonyl (C=O) groups excluding carboxylic acids is 2. The van der Waals surface area contributed by atoms with Crippen molar-refractivity contribution in [2.24, 2.45) is 5.73 Å². The van der Waals surface area contributed by atoms with Crippen molar-refractivity contribution in [3.63, 3.8) is 0 Å². The average Bonchev–Trinajstić information content (AvgIpc) is 2.85. The highest BCUT2D eigenvalue weighted by molar-refractivity contribution is 5.97. The fourth-order valence-electron chi connectivity index (χ4n) is 3.84. The summed E-state index contributed by atoms with van der Waals surface area (Å²) in [5.74, 6) is -0.0383. The Bertz CT molecular complexity index is 1180. The molecule has 1 saturated heterocycles. The Morgan fingerprint density at radius 1 is 1.09 bits per heavy atom. The van der Waals surface area contributed by atoms with Crippen molar-refractivity contribution in [3.05, 3.63) is 71.9 Å². The molecule has 35 heavy (non-hydrogen) atoms. The maximum absolute atomic E-state index is 12.5. The van der Waals surface area contributed by atoms with E-state index < -0.39 is 5.91 Å². The lowest BCUT2D eigenvalue weighted by Crippen LogP contribution is -2.42. The van der Waals surface area contributed by atoms with Crippen LogP contribution in [0.3, 0.4) is 0 Å². The second kappa shape index (κ2) is 10.8. The van der Waals surface area contributed by atoms with Gasteiger partial charge < -0.3 is 31.7 Å². The number of rotatable bonds is 7. The molecule has 10 heteroatoms. The molecular weight excluding hydrogens is 446 g/mol. The van der Waals surface area contributed by atoms with Crippen LogP contribution in [0.15, 0.2) is 60.8 Å². The Morgan fingerprint density at radius 2 is 1.80 bits per heavy atom. The van der Waals surface area contributed by atoms with E-state index in [1.165, 1.54) is 6.20 Å². The number of anilines is 4. The summed E-state index contributed by atoms with van der Waals surface area (Å²) in [4.78, 5) is 34.9. The number of carbonyl (C=O) groups is 2. The highest BCUT2D eigenvalue weighted by Gasteiger charge is 2.21. The Balaban J connectivity index is 1.47. The van der Waals surface area contributed by atoms with Gasteiger partial charge in [-0.25, -0.2) is 9.78 Å². The number of aromatic nitrogens is 2. The van der Waals surface area contributed by atoms with Crippen LogP contribution in [0.25, 0.3) is 0 Å². The van der Waals surface area contributed by atoms with Gasteiger partial charge in [0, 0.05) is 36.7 Å². The molecule has 4 rings (SSSR count). The number of hydrogen-bond donors (Lipinski definition) is 5. The third kappa shape index (κ3) is 6.24. The van der Waals surface area contributed by atoms with Crippen molar-refractivity contribution in [3.8, 4) is 0 Å². The number of nitrogens with two attached hydrogens (primary N) is 1. The van der Waals surface area contributed by atoms with Crippen molar-refractivity contribution < 1.29 is 14.7 Å². The number of nitrogens with one attached hydrogen (secondary N) is 3. The first-order valence-corrected chi connectivity index (χ1v) is 11.5. The third-order valence-electron chi connectivity index (χ3n) is 5.83. The van der Waals surface area contributed by atoms with Crippen LogP contribution >= 0.6 is 0 Å². The van der Waals surface area contributed by atoms with Gasteiger partial charge in [0.2, 0.25) is 5.95 Å². The molecule has 0 bridgehead atoms. The van der Waals surface area contributed by atoms with Crippen LogP contribution in [0.1, 0.15) is 41.7 Å². The molecule has 0 radical (unpaired) electrons. The smallest absolute Gasteiger partial charge is 0.321 e. The molecule has 3 amide bonds. The molecule has 1 aliphatic rings. The van der Waals surface area contributed by atoms with Crippen LogP contribution < -0.4 is 21.7 Å². The minimum atomic E-state index is -0.630. The summed E-state index contributed by atoms with van der Waals surface area (Å²) in [7, 11) is 0. The van der Waals surface area contributed by atoms with Gasteiger partial charge in [-0.2, -0.15) is 4.98 Å². The number of urea groups is 1. The Hall–Kier alpha value is -4.18. The first-order valence-electron chi connectivity index (χ1n) is 11.5. The van der Waals surface area contributed by atoms with Crippen molar-refractivity contribution in [1.29, 1.82) is 0 Å². The molecule has 1 unspecified atom stereocenters. The fraction of sp³-hybridized carbons (Fsp3) is 0.280. The highest BCUT2D eigenvalue weighted by Crippen LogP contribution is 2.24. The predicted octanol–water partition coefficient (Wildman–Crippen LogP) is 3.48. The van der Waals surface area contributed by atoms with Gasteiger partial charge in [-0.3, -0.25) is 4.79 Å². The van der Waals surface area contributed by atoms with Crippen LogP contribution in [0.4, 0.5) is 27.9 Å².